The molecule has 1 aliphatic carbocycles. The molecule has 1 fully saturated rings. The van der Waals surface area contributed by atoms with E-state index in [9.17, 15) is 8.42 Å². The molecular formula is C15H32N2O2S. The first kappa shape index (κ1) is 17.9. The molecule has 0 atom stereocenters. The molecule has 0 amide bonds. The quantitative estimate of drug-likeness (QED) is 0.545. The van der Waals surface area contributed by atoms with Crippen LogP contribution in [-0.4, -0.2) is 33.8 Å². The molecule has 0 bridgehead atoms. The zero-order valence-corrected chi connectivity index (χ0v) is 13.8. The van der Waals surface area contributed by atoms with E-state index in [2.05, 4.69) is 17.0 Å². The minimum Gasteiger partial charge on any atom is -0.317 e. The zero-order valence-electron chi connectivity index (χ0n) is 13.0. The lowest BCUT2D eigenvalue weighted by atomic mass is 10.0. The van der Waals surface area contributed by atoms with Crippen LogP contribution in [-0.2, 0) is 10.0 Å². The van der Waals surface area contributed by atoms with Crippen molar-refractivity contribution >= 4 is 10.0 Å². The van der Waals surface area contributed by atoms with Gasteiger partial charge in [0.25, 0.3) is 0 Å². The topological polar surface area (TPSA) is 58.2 Å². The first-order chi connectivity index (χ1) is 9.64. The summed E-state index contributed by atoms with van der Waals surface area (Å²) in [6.45, 7) is 4.69. The van der Waals surface area contributed by atoms with Gasteiger partial charge in [0.15, 0.2) is 0 Å². The predicted octanol–water partition coefficient (Wildman–Crippen LogP) is 2.66. The van der Waals surface area contributed by atoms with E-state index in [0.29, 0.717) is 6.54 Å². The third kappa shape index (κ3) is 8.93. The smallest absolute Gasteiger partial charge is 0.211 e. The summed E-state index contributed by atoms with van der Waals surface area (Å²) < 4.78 is 26.3. The fraction of sp³-hybridized carbons (Fsp3) is 1.00. The third-order valence-electron chi connectivity index (χ3n) is 4.03. The summed E-state index contributed by atoms with van der Waals surface area (Å²) in [4.78, 5) is 0. The second-order valence-electron chi connectivity index (χ2n) is 5.96. The van der Waals surface area contributed by atoms with E-state index in [0.717, 1.165) is 44.7 Å². The Balaban J connectivity index is 1.97. The SMILES string of the molecule is CCCNCCCCS(=O)(=O)NCCCC1CCCC1. The average molecular weight is 305 g/mol. The Hall–Kier alpha value is -0.130. The van der Waals surface area contributed by atoms with Gasteiger partial charge in [0.2, 0.25) is 10.0 Å². The highest BCUT2D eigenvalue weighted by molar-refractivity contribution is 7.89. The molecule has 120 valence electrons. The van der Waals surface area contributed by atoms with Gasteiger partial charge in [0.05, 0.1) is 5.75 Å². The monoisotopic (exact) mass is 304 g/mol. The summed E-state index contributed by atoms with van der Waals surface area (Å²) in [5.74, 6) is 1.12. The van der Waals surface area contributed by atoms with E-state index >= 15 is 0 Å². The minimum atomic E-state index is -3.05. The maximum atomic E-state index is 11.8. The van der Waals surface area contributed by atoms with Crippen LogP contribution >= 0.6 is 0 Å². The van der Waals surface area contributed by atoms with Crippen molar-refractivity contribution in [2.75, 3.05) is 25.4 Å². The Morgan fingerprint density at radius 3 is 2.45 bits per heavy atom. The highest BCUT2D eigenvalue weighted by Gasteiger charge is 2.15. The van der Waals surface area contributed by atoms with Crippen molar-refractivity contribution in [3.8, 4) is 0 Å². The van der Waals surface area contributed by atoms with Crippen molar-refractivity contribution in [2.24, 2.45) is 5.92 Å². The van der Waals surface area contributed by atoms with E-state index in [-0.39, 0.29) is 5.75 Å². The summed E-state index contributed by atoms with van der Waals surface area (Å²) >= 11 is 0. The molecule has 0 aromatic carbocycles. The molecule has 1 saturated carbocycles. The molecule has 2 N–H and O–H groups in total. The number of hydrogen-bond donors (Lipinski definition) is 2. The molecule has 5 heteroatoms. The van der Waals surface area contributed by atoms with Gasteiger partial charge in [-0.1, -0.05) is 32.6 Å². The Morgan fingerprint density at radius 2 is 1.75 bits per heavy atom. The molecule has 20 heavy (non-hydrogen) atoms. The first-order valence-corrected chi connectivity index (χ1v) is 9.97. The highest BCUT2D eigenvalue weighted by Crippen LogP contribution is 2.28. The lowest BCUT2D eigenvalue weighted by molar-refractivity contribution is 0.480. The standard InChI is InChI=1S/C15H32N2O2S/c1-2-11-16-12-5-6-14-20(18,19)17-13-7-10-15-8-3-4-9-15/h15-17H,2-14H2,1H3. The van der Waals surface area contributed by atoms with Crippen LogP contribution in [0, 0.1) is 5.92 Å². The second-order valence-corrected chi connectivity index (χ2v) is 7.89. The van der Waals surface area contributed by atoms with Crippen molar-refractivity contribution in [1.29, 1.82) is 0 Å². The van der Waals surface area contributed by atoms with Gasteiger partial charge >= 0.3 is 0 Å². The van der Waals surface area contributed by atoms with Crippen LogP contribution in [0.15, 0.2) is 0 Å². The normalized spacial score (nSPS) is 16.9. The summed E-state index contributed by atoms with van der Waals surface area (Å²) in [6.07, 6.45) is 10.4. The van der Waals surface area contributed by atoms with E-state index in [1.54, 1.807) is 0 Å². The van der Waals surface area contributed by atoms with Crippen LogP contribution in [0.25, 0.3) is 0 Å². The minimum absolute atomic E-state index is 0.268. The summed E-state index contributed by atoms with van der Waals surface area (Å²) in [6, 6.07) is 0. The Labute approximate surface area is 125 Å². The van der Waals surface area contributed by atoms with Gasteiger partial charge in [-0.05, 0) is 51.1 Å². The van der Waals surface area contributed by atoms with Crippen LogP contribution < -0.4 is 10.0 Å². The number of nitrogens with one attached hydrogen (secondary N) is 2. The number of rotatable bonds is 12. The summed E-state index contributed by atoms with van der Waals surface area (Å²) in [7, 11) is -3.05. The van der Waals surface area contributed by atoms with E-state index in [1.807, 2.05) is 0 Å². The maximum Gasteiger partial charge on any atom is 0.211 e. The van der Waals surface area contributed by atoms with Crippen molar-refractivity contribution < 1.29 is 8.42 Å². The first-order valence-electron chi connectivity index (χ1n) is 8.32. The molecule has 4 nitrogen and oxygen atoms in total. The van der Waals surface area contributed by atoms with Gasteiger partial charge in [0, 0.05) is 6.54 Å². The molecule has 0 aromatic rings. The van der Waals surface area contributed by atoms with Gasteiger partial charge in [-0.25, -0.2) is 13.1 Å². The Morgan fingerprint density at radius 1 is 1.00 bits per heavy atom. The van der Waals surface area contributed by atoms with Gasteiger partial charge in [-0.2, -0.15) is 0 Å². The molecule has 0 radical (unpaired) electrons. The number of unbranched alkanes of at least 4 members (excludes halogenated alkanes) is 1. The van der Waals surface area contributed by atoms with Gasteiger partial charge in [-0.15, -0.1) is 0 Å². The zero-order chi connectivity index (χ0) is 14.7. The van der Waals surface area contributed by atoms with Crippen LogP contribution in [0.3, 0.4) is 0 Å². The number of hydrogen-bond acceptors (Lipinski definition) is 3. The van der Waals surface area contributed by atoms with Crippen molar-refractivity contribution in [3.63, 3.8) is 0 Å². The van der Waals surface area contributed by atoms with Crippen molar-refractivity contribution in [3.05, 3.63) is 0 Å². The van der Waals surface area contributed by atoms with E-state index in [1.165, 1.54) is 32.1 Å². The predicted molar refractivity (Wildman–Crippen MR) is 85.4 cm³/mol. The van der Waals surface area contributed by atoms with Crippen LogP contribution in [0.1, 0.15) is 64.7 Å². The summed E-state index contributed by atoms with van der Waals surface area (Å²) in [5.41, 5.74) is 0. The van der Waals surface area contributed by atoms with Gasteiger partial charge in [0.1, 0.15) is 0 Å². The fourth-order valence-corrected chi connectivity index (χ4v) is 4.02. The van der Waals surface area contributed by atoms with Crippen LogP contribution in [0.2, 0.25) is 0 Å². The van der Waals surface area contributed by atoms with Crippen LogP contribution in [0.4, 0.5) is 0 Å². The average Bonchev–Trinajstić information content (AvgIpc) is 2.92. The lowest BCUT2D eigenvalue weighted by Gasteiger charge is -2.10. The van der Waals surface area contributed by atoms with Crippen molar-refractivity contribution in [2.45, 2.75) is 64.7 Å². The van der Waals surface area contributed by atoms with Crippen molar-refractivity contribution in [1.82, 2.24) is 10.0 Å². The maximum absolute atomic E-state index is 11.8. The lowest BCUT2D eigenvalue weighted by Crippen LogP contribution is -2.28. The molecule has 0 unspecified atom stereocenters. The summed E-state index contributed by atoms with van der Waals surface area (Å²) in [5, 5.41) is 3.29. The molecule has 0 aromatic heterocycles. The van der Waals surface area contributed by atoms with Gasteiger partial charge < -0.3 is 5.32 Å². The molecule has 0 heterocycles. The van der Waals surface area contributed by atoms with Gasteiger partial charge in [-0.3, -0.25) is 0 Å². The Bertz CT molecular complexity index is 325. The molecular weight excluding hydrogens is 272 g/mol. The molecule has 0 spiro atoms. The largest absolute Gasteiger partial charge is 0.317 e. The highest BCUT2D eigenvalue weighted by atomic mass is 32.2. The number of sulfonamides is 1. The molecule has 1 aliphatic rings. The van der Waals surface area contributed by atoms with Crippen LogP contribution in [0.5, 0.6) is 0 Å². The molecule has 0 aliphatic heterocycles. The third-order valence-corrected chi connectivity index (χ3v) is 5.50. The Kier molecular flexibility index (Phi) is 9.48. The second kappa shape index (κ2) is 10.6. The van der Waals surface area contributed by atoms with E-state index < -0.39 is 10.0 Å². The molecule has 1 rings (SSSR count). The van der Waals surface area contributed by atoms with E-state index in [4.69, 9.17) is 0 Å². The molecule has 0 saturated heterocycles. The fourth-order valence-electron chi connectivity index (χ4n) is 2.83.